The summed E-state index contributed by atoms with van der Waals surface area (Å²) in [5, 5.41) is 18.2. The fourth-order valence-electron chi connectivity index (χ4n) is 5.11. The van der Waals surface area contributed by atoms with Crippen LogP contribution in [0.2, 0.25) is 17.3 Å². The Morgan fingerprint density at radius 2 is 1.40 bits per heavy atom. The van der Waals surface area contributed by atoms with Crippen LogP contribution in [0.15, 0.2) is 103 Å². The van der Waals surface area contributed by atoms with Gasteiger partial charge in [-0.3, -0.25) is 4.79 Å². The largest absolute Gasteiger partial charge is 0 e. The van der Waals surface area contributed by atoms with Crippen molar-refractivity contribution in [2.24, 2.45) is 0 Å². The number of hydrogen-bond acceptors (Lipinski definition) is 3. The van der Waals surface area contributed by atoms with Gasteiger partial charge in [0.2, 0.25) is 0 Å². The smallest absolute Gasteiger partial charge is 0 e. The van der Waals surface area contributed by atoms with Crippen molar-refractivity contribution in [3.05, 3.63) is 109 Å². The molecular formula is C35H32GeIrNO2-. The van der Waals surface area contributed by atoms with Gasteiger partial charge < -0.3 is 5.11 Å². The molecule has 0 aliphatic rings. The molecular weight excluding hydrogens is 731 g/mol. The van der Waals surface area contributed by atoms with Gasteiger partial charge in [-0.1, -0.05) is 6.07 Å². The van der Waals surface area contributed by atoms with Crippen LogP contribution in [-0.2, 0) is 24.9 Å². The van der Waals surface area contributed by atoms with Crippen molar-refractivity contribution in [2.45, 2.75) is 31.1 Å². The maximum Gasteiger partial charge on any atom is 0 e. The number of aliphatic hydroxyl groups excluding tert-OH is 1. The second kappa shape index (κ2) is 12.1. The van der Waals surface area contributed by atoms with Crippen molar-refractivity contribution < 1.29 is 30.0 Å². The molecule has 1 aromatic heterocycles. The molecule has 0 atom stereocenters. The Morgan fingerprint density at radius 1 is 0.775 bits per heavy atom. The zero-order valence-corrected chi connectivity index (χ0v) is 27.9. The Balaban J connectivity index is 0.000000413. The summed E-state index contributed by atoms with van der Waals surface area (Å²) in [4.78, 5) is 14.9. The van der Waals surface area contributed by atoms with Gasteiger partial charge in [0, 0.05) is 26.2 Å². The molecule has 0 spiro atoms. The van der Waals surface area contributed by atoms with Gasteiger partial charge in [0.1, 0.15) is 0 Å². The maximum atomic E-state index is 10.0. The van der Waals surface area contributed by atoms with E-state index in [2.05, 4.69) is 108 Å². The van der Waals surface area contributed by atoms with Crippen molar-refractivity contribution in [1.82, 2.24) is 4.98 Å². The normalized spacial score (nSPS) is 11.8. The molecule has 6 rings (SSSR count). The zero-order valence-electron chi connectivity index (χ0n) is 23.4. The molecule has 1 heterocycles. The van der Waals surface area contributed by atoms with Gasteiger partial charge in [-0.15, -0.1) is 0 Å². The number of carbonyl (C=O) groups excluding carboxylic acids is 1. The van der Waals surface area contributed by atoms with Gasteiger partial charge in [-0.2, -0.15) is 0 Å². The van der Waals surface area contributed by atoms with Crippen LogP contribution in [0.3, 0.4) is 0 Å². The second-order valence-electron chi connectivity index (χ2n) is 11.0. The number of pyridine rings is 1. The standard InChI is InChI=1S/C30H24GeN.C5H8O2.Ir/c1-31(2,3)22-13-15-24-21(18-22)12-14-28-27(24)16-17-32-30(28)29-19-20-8-4-5-9-23(20)25-10-6-7-11-26(25)29;1-4(6)3-5(2)7;/h4-18H,1-3H3;3,6H,1-2H3;/q-1;;/b;4-3-;. The van der Waals surface area contributed by atoms with Crippen LogP contribution in [0, 0.1) is 6.07 Å². The average Bonchev–Trinajstić information content (AvgIpc) is 2.91. The Morgan fingerprint density at radius 3 is 2.05 bits per heavy atom. The monoisotopic (exact) mass is 765 g/mol. The first-order chi connectivity index (χ1) is 18.6. The summed E-state index contributed by atoms with van der Waals surface area (Å²) in [6, 6.07) is 34.6. The van der Waals surface area contributed by atoms with E-state index in [4.69, 9.17) is 10.1 Å². The van der Waals surface area contributed by atoms with Crippen LogP contribution < -0.4 is 4.40 Å². The second-order valence-corrected chi connectivity index (χ2v) is 21.6. The fourth-order valence-corrected chi connectivity index (χ4v) is 7.57. The molecule has 0 bridgehead atoms. The number of fused-ring (bicyclic) bond motifs is 6. The van der Waals surface area contributed by atoms with Crippen molar-refractivity contribution in [3.8, 4) is 11.3 Å². The minimum Gasteiger partial charge on any atom is 0 e. The number of benzene rings is 5. The number of aromatic nitrogens is 1. The van der Waals surface area contributed by atoms with Crippen molar-refractivity contribution >= 4 is 66.5 Å². The number of hydrogen-bond donors (Lipinski definition) is 1. The molecule has 1 radical (unpaired) electrons. The molecule has 1 N–H and O–H groups in total. The van der Waals surface area contributed by atoms with Crippen LogP contribution in [0.1, 0.15) is 13.8 Å². The van der Waals surface area contributed by atoms with E-state index < -0.39 is 13.3 Å². The third-order valence-corrected chi connectivity index (χ3v) is 11.2. The summed E-state index contributed by atoms with van der Waals surface area (Å²) in [7, 11) is 0. The van der Waals surface area contributed by atoms with Crippen LogP contribution in [-0.4, -0.2) is 29.1 Å². The summed E-state index contributed by atoms with van der Waals surface area (Å²) in [6.45, 7) is 2.85. The number of allylic oxidation sites excluding steroid dienone is 2. The van der Waals surface area contributed by atoms with E-state index >= 15 is 0 Å². The number of nitrogens with zero attached hydrogens (tertiary/aromatic N) is 1. The Labute approximate surface area is 251 Å². The summed E-state index contributed by atoms with van der Waals surface area (Å²) in [5.74, 6) is 7.29. The third-order valence-electron chi connectivity index (χ3n) is 6.95. The molecule has 203 valence electrons. The molecule has 6 aromatic rings. The van der Waals surface area contributed by atoms with E-state index in [1.165, 1.54) is 57.6 Å². The Hall–Kier alpha value is -3.31. The number of aliphatic hydroxyl groups is 1. The molecule has 40 heavy (non-hydrogen) atoms. The maximum absolute atomic E-state index is 10.0. The Kier molecular flexibility index (Phi) is 8.94. The van der Waals surface area contributed by atoms with Gasteiger partial charge in [-0.05, 0) is 13.8 Å². The Bertz CT molecular complexity index is 1900. The van der Waals surface area contributed by atoms with E-state index in [1.54, 1.807) is 4.40 Å². The molecule has 0 saturated heterocycles. The third kappa shape index (κ3) is 6.05. The molecule has 0 amide bonds. The number of ketones is 1. The van der Waals surface area contributed by atoms with Crippen molar-refractivity contribution in [3.63, 3.8) is 0 Å². The zero-order chi connectivity index (χ0) is 27.7. The first-order valence-corrected chi connectivity index (χ1v) is 20.5. The molecule has 3 nitrogen and oxygen atoms in total. The molecule has 5 aromatic carbocycles. The van der Waals surface area contributed by atoms with Crippen LogP contribution in [0.5, 0.6) is 0 Å². The molecule has 0 saturated carbocycles. The van der Waals surface area contributed by atoms with E-state index in [-0.39, 0.29) is 31.6 Å². The minimum absolute atomic E-state index is 0. The van der Waals surface area contributed by atoms with Crippen LogP contribution in [0.4, 0.5) is 0 Å². The van der Waals surface area contributed by atoms with Gasteiger partial charge in [0.25, 0.3) is 0 Å². The molecule has 5 heteroatoms. The van der Waals surface area contributed by atoms with Crippen LogP contribution in [0.25, 0.3) is 54.3 Å². The average molecular weight is 763 g/mol. The van der Waals surface area contributed by atoms with Gasteiger partial charge >= 0.3 is 185 Å². The van der Waals surface area contributed by atoms with Crippen LogP contribution >= 0.6 is 0 Å². The van der Waals surface area contributed by atoms with E-state index in [0.717, 1.165) is 16.6 Å². The molecule has 0 unspecified atom stereocenters. The quantitative estimate of drug-likeness (QED) is 0.0646. The van der Waals surface area contributed by atoms with E-state index in [0.29, 0.717) is 0 Å². The number of carbonyl (C=O) groups is 1. The topological polar surface area (TPSA) is 50.2 Å². The molecule has 0 fully saturated rings. The summed E-state index contributed by atoms with van der Waals surface area (Å²) >= 11 is -1.88. The van der Waals surface area contributed by atoms with E-state index in [1.807, 2.05) is 6.20 Å². The van der Waals surface area contributed by atoms with Crippen molar-refractivity contribution in [1.29, 1.82) is 0 Å². The van der Waals surface area contributed by atoms with Gasteiger partial charge in [0.15, 0.2) is 5.78 Å². The summed E-state index contributed by atoms with van der Waals surface area (Å²) < 4.78 is 1.54. The van der Waals surface area contributed by atoms with E-state index in [9.17, 15) is 4.79 Å². The van der Waals surface area contributed by atoms with Gasteiger partial charge in [0.05, 0.1) is 5.76 Å². The predicted molar refractivity (Wildman–Crippen MR) is 169 cm³/mol. The molecule has 0 aliphatic carbocycles. The fraction of sp³-hybridized carbons (Fsp3) is 0.143. The summed E-state index contributed by atoms with van der Waals surface area (Å²) in [6.07, 6.45) is 3.12. The number of rotatable bonds is 3. The summed E-state index contributed by atoms with van der Waals surface area (Å²) in [5.41, 5.74) is 2.08. The van der Waals surface area contributed by atoms with Gasteiger partial charge in [-0.25, -0.2) is 0 Å². The first-order valence-electron chi connectivity index (χ1n) is 13.2. The minimum atomic E-state index is -1.88. The van der Waals surface area contributed by atoms with Crippen molar-refractivity contribution in [2.75, 3.05) is 0 Å². The predicted octanol–water partition coefficient (Wildman–Crippen LogP) is 8.74. The first kappa shape index (κ1) is 29.7. The SMILES string of the molecule is CC(=O)/C=C(/C)O.[CH3][Ge]([CH3])([CH3])[c]1ccc2c(ccc3c(-c4[c-]c5ccccc5c5ccccc45)nccc32)c1.[Ir]. The molecule has 0 aliphatic heterocycles.